The summed E-state index contributed by atoms with van der Waals surface area (Å²) in [7, 11) is -4.16. The van der Waals surface area contributed by atoms with Crippen molar-refractivity contribution < 1.29 is 17.8 Å². The van der Waals surface area contributed by atoms with Gasteiger partial charge in [-0.1, -0.05) is 37.1 Å². The van der Waals surface area contributed by atoms with Crippen LogP contribution in [0.4, 0.5) is 0 Å². The van der Waals surface area contributed by atoms with Crippen LogP contribution in [0.2, 0.25) is 0 Å². The standard InChI is InChI=1S/C15H18Br2N4O4S/c1-9(26(23,24)25)7-21-8-13(19-20-21)15(2,3)18-14(22)10-4-11(16)6-12(17)5-10/h4-6,8-9H,7H2,1-3H3,(H,18,22)(H,23,24,25). The van der Waals surface area contributed by atoms with E-state index in [0.717, 1.165) is 8.95 Å². The van der Waals surface area contributed by atoms with Gasteiger partial charge >= 0.3 is 0 Å². The maximum absolute atomic E-state index is 12.5. The molecule has 11 heteroatoms. The number of nitrogens with zero attached hydrogens (tertiary/aromatic N) is 3. The second kappa shape index (κ2) is 7.75. The average molecular weight is 510 g/mol. The topological polar surface area (TPSA) is 114 Å². The summed E-state index contributed by atoms with van der Waals surface area (Å²) in [6.45, 7) is 4.85. The van der Waals surface area contributed by atoms with Gasteiger partial charge in [0.15, 0.2) is 0 Å². The summed E-state index contributed by atoms with van der Waals surface area (Å²) in [5, 5.41) is 9.73. The highest BCUT2D eigenvalue weighted by Gasteiger charge is 2.28. The molecule has 26 heavy (non-hydrogen) atoms. The van der Waals surface area contributed by atoms with Crippen molar-refractivity contribution in [2.24, 2.45) is 0 Å². The molecule has 2 aromatic rings. The van der Waals surface area contributed by atoms with Crippen LogP contribution in [0.3, 0.4) is 0 Å². The van der Waals surface area contributed by atoms with Gasteiger partial charge in [-0.25, -0.2) is 0 Å². The zero-order valence-electron chi connectivity index (χ0n) is 14.3. The number of hydrogen-bond donors (Lipinski definition) is 2. The molecule has 0 aliphatic heterocycles. The van der Waals surface area contributed by atoms with Crippen molar-refractivity contribution in [1.82, 2.24) is 20.3 Å². The molecule has 0 aliphatic carbocycles. The first kappa shape index (κ1) is 21.0. The van der Waals surface area contributed by atoms with Crippen molar-refractivity contribution in [3.63, 3.8) is 0 Å². The molecular formula is C15H18Br2N4O4S. The summed E-state index contributed by atoms with van der Waals surface area (Å²) in [5.41, 5.74) is 0.0833. The van der Waals surface area contributed by atoms with Crippen molar-refractivity contribution >= 4 is 47.9 Å². The zero-order chi connectivity index (χ0) is 19.7. The maximum atomic E-state index is 12.5. The summed E-state index contributed by atoms with van der Waals surface area (Å²) in [5.74, 6) is -0.294. The molecule has 2 N–H and O–H groups in total. The van der Waals surface area contributed by atoms with Crippen molar-refractivity contribution in [3.05, 3.63) is 44.6 Å². The largest absolute Gasteiger partial charge is 0.341 e. The monoisotopic (exact) mass is 508 g/mol. The Labute approximate surface area is 168 Å². The Morgan fingerprint density at radius 1 is 1.31 bits per heavy atom. The molecule has 0 spiro atoms. The van der Waals surface area contributed by atoms with E-state index in [1.54, 1.807) is 32.2 Å². The van der Waals surface area contributed by atoms with Crippen LogP contribution in [0.15, 0.2) is 33.3 Å². The third-order valence-electron chi connectivity index (χ3n) is 3.68. The van der Waals surface area contributed by atoms with Crippen LogP contribution in [0, 0.1) is 0 Å². The van der Waals surface area contributed by atoms with E-state index in [4.69, 9.17) is 4.55 Å². The van der Waals surface area contributed by atoms with E-state index in [9.17, 15) is 13.2 Å². The first-order valence-electron chi connectivity index (χ1n) is 7.54. The molecule has 1 aromatic carbocycles. The second-order valence-electron chi connectivity index (χ2n) is 6.39. The number of nitrogens with one attached hydrogen (secondary N) is 1. The Hall–Kier alpha value is -1.30. The fraction of sp³-hybridized carbons (Fsp3) is 0.400. The van der Waals surface area contributed by atoms with Crippen LogP contribution in [0.5, 0.6) is 0 Å². The van der Waals surface area contributed by atoms with E-state index in [2.05, 4.69) is 47.5 Å². The first-order valence-corrected chi connectivity index (χ1v) is 10.6. The van der Waals surface area contributed by atoms with Crippen LogP contribution >= 0.6 is 31.9 Å². The minimum Gasteiger partial charge on any atom is -0.341 e. The Morgan fingerprint density at radius 2 is 1.88 bits per heavy atom. The molecule has 2 rings (SSSR count). The van der Waals surface area contributed by atoms with E-state index >= 15 is 0 Å². The smallest absolute Gasteiger partial charge is 0.269 e. The quantitative estimate of drug-likeness (QED) is 0.578. The van der Waals surface area contributed by atoms with Gasteiger partial charge in [-0.2, -0.15) is 8.42 Å². The average Bonchev–Trinajstić information content (AvgIpc) is 2.94. The molecule has 0 radical (unpaired) electrons. The molecule has 1 atom stereocenters. The molecule has 1 amide bonds. The molecule has 8 nitrogen and oxygen atoms in total. The van der Waals surface area contributed by atoms with Crippen molar-refractivity contribution in [2.75, 3.05) is 0 Å². The first-order chi connectivity index (χ1) is 11.9. The predicted octanol–water partition coefficient (Wildman–Crippen LogP) is 2.74. The third-order valence-corrected chi connectivity index (χ3v) is 5.76. The van der Waals surface area contributed by atoms with Gasteiger partial charge in [0.1, 0.15) is 10.9 Å². The van der Waals surface area contributed by atoms with Gasteiger partial charge in [-0.05, 0) is 39.0 Å². The predicted molar refractivity (Wildman–Crippen MR) is 103 cm³/mol. The Morgan fingerprint density at radius 3 is 2.42 bits per heavy atom. The number of carbonyl (C=O) groups is 1. The van der Waals surface area contributed by atoms with E-state index in [1.165, 1.54) is 11.6 Å². The van der Waals surface area contributed by atoms with Crippen LogP contribution in [-0.2, 0) is 22.2 Å². The highest BCUT2D eigenvalue weighted by Crippen LogP contribution is 2.22. The lowest BCUT2D eigenvalue weighted by molar-refractivity contribution is 0.0910. The van der Waals surface area contributed by atoms with Gasteiger partial charge in [-0.15, -0.1) is 5.10 Å². The summed E-state index contributed by atoms with van der Waals surface area (Å²) in [6.07, 6.45) is 1.54. The molecule has 1 aromatic heterocycles. The highest BCUT2D eigenvalue weighted by atomic mass is 79.9. The number of carbonyl (C=O) groups excluding carboxylic acids is 1. The molecule has 0 fully saturated rings. The summed E-state index contributed by atoms with van der Waals surface area (Å²) in [4.78, 5) is 12.5. The normalized spacial score (nSPS) is 13.5. The lowest BCUT2D eigenvalue weighted by Gasteiger charge is -2.23. The molecular weight excluding hydrogens is 492 g/mol. The number of rotatable bonds is 6. The van der Waals surface area contributed by atoms with Crippen LogP contribution in [0.1, 0.15) is 36.8 Å². The van der Waals surface area contributed by atoms with Gasteiger partial charge in [-0.3, -0.25) is 14.0 Å². The molecule has 0 saturated carbocycles. The van der Waals surface area contributed by atoms with Gasteiger partial charge in [0.2, 0.25) is 0 Å². The fourth-order valence-electron chi connectivity index (χ4n) is 2.14. The number of aromatic nitrogens is 3. The Kier molecular flexibility index (Phi) is 6.26. The molecule has 1 heterocycles. The van der Waals surface area contributed by atoms with E-state index in [-0.39, 0.29) is 12.5 Å². The number of benzene rings is 1. The van der Waals surface area contributed by atoms with E-state index in [0.29, 0.717) is 11.3 Å². The minimum absolute atomic E-state index is 0.0472. The fourth-order valence-corrected chi connectivity index (χ4v) is 3.77. The molecule has 0 saturated heterocycles. The SMILES string of the molecule is CC(Cn1cc(C(C)(C)NC(=O)c2cc(Br)cc(Br)c2)nn1)S(=O)(=O)O. The number of amides is 1. The summed E-state index contributed by atoms with van der Waals surface area (Å²) >= 11 is 6.69. The highest BCUT2D eigenvalue weighted by molar-refractivity contribution is 9.11. The third kappa shape index (κ3) is 5.35. The summed E-state index contributed by atoms with van der Waals surface area (Å²) in [6, 6.07) is 5.21. The summed E-state index contributed by atoms with van der Waals surface area (Å²) < 4.78 is 34.1. The zero-order valence-corrected chi connectivity index (χ0v) is 18.3. The van der Waals surface area contributed by atoms with Gasteiger partial charge in [0.05, 0.1) is 18.3 Å². The Balaban J connectivity index is 2.16. The van der Waals surface area contributed by atoms with Gasteiger partial charge in [0, 0.05) is 14.5 Å². The van der Waals surface area contributed by atoms with Crippen LogP contribution in [-0.4, -0.2) is 39.1 Å². The molecule has 0 aliphatic rings. The van der Waals surface area contributed by atoms with Crippen molar-refractivity contribution in [2.45, 2.75) is 38.1 Å². The van der Waals surface area contributed by atoms with Crippen LogP contribution in [0.25, 0.3) is 0 Å². The van der Waals surface area contributed by atoms with Crippen molar-refractivity contribution in [3.8, 4) is 0 Å². The van der Waals surface area contributed by atoms with Gasteiger partial charge in [0.25, 0.3) is 16.0 Å². The van der Waals surface area contributed by atoms with E-state index in [1.807, 2.05) is 6.07 Å². The number of halogens is 2. The second-order valence-corrected chi connectivity index (χ2v) is 10.1. The van der Waals surface area contributed by atoms with Gasteiger partial charge < -0.3 is 5.32 Å². The maximum Gasteiger partial charge on any atom is 0.269 e. The molecule has 1 unspecified atom stereocenters. The van der Waals surface area contributed by atoms with Crippen molar-refractivity contribution in [1.29, 1.82) is 0 Å². The van der Waals surface area contributed by atoms with E-state index < -0.39 is 20.9 Å². The van der Waals surface area contributed by atoms with Crippen LogP contribution < -0.4 is 5.32 Å². The molecule has 0 bridgehead atoms. The number of hydrogen-bond acceptors (Lipinski definition) is 5. The lowest BCUT2D eigenvalue weighted by Crippen LogP contribution is -2.41. The molecule has 142 valence electrons. The minimum atomic E-state index is -4.16. The Bertz CT molecular complexity index is 907. The lowest BCUT2D eigenvalue weighted by atomic mass is 10.0.